The van der Waals surface area contributed by atoms with Gasteiger partial charge in [-0.05, 0) is 25.7 Å². The maximum atomic E-state index is 9.95. The minimum atomic E-state index is -0.850. The molecule has 0 saturated carbocycles. The quantitative estimate of drug-likeness (QED) is 0.348. The smallest absolute Gasteiger partial charge is 0.327 e. The molecule has 0 aromatic rings. The molecular weight excluding hydrogens is 322 g/mol. The van der Waals surface area contributed by atoms with Gasteiger partial charge < -0.3 is 10.2 Å². The maximum absolute atomic E-state index is 9.95. The van der Waals surface area contributed by atoms with E-state index in [1.165, 1.54) is 37.8 Å². The molecular formula is C16H28O4Zn. The summed E-state index contributed by atoms with van der Waals surface area (Å²) in [6.45, 7) is 4.25. The van der Waals surface area contributed by atoms with Crippen LogP contribution in [0.3, 0.4) is 0 Å². The Balaban J connectivity index is -0.000000295. The Kier molecular flexibility index (Phi) is 25.4. The van der Waals surface area contributed by atoms with Crippen LogP contribution in [-0.4, -0.2) is 22.2 Å². The van der Waals surface area contributed by atoms with Gasteiger partial charge >= 0.3 is 11.9 Å². The first kappa shape index (κ1) is 25.0. The average molecular weight is 350 g/mol. The molecule has 0 bridgehead atoms. The third kappa shape index (κ3) is 32.5. The number of hydrogen-bond donors (Lipinski definition) is 2. The number of unbranched alkanes of at least 4 members (excludes halogenated alkanes) is 6. The largest absolute Gasteiger partial charge is 0.478 e. The van der Waals surface area contributed by atoms with Crippen LogP contribution in [-0.2, 0) is 29.1 Å². The number of rotatable bonds is 10. The maximum Gasteiger partial charge on any atom is 0.327 e. The molecule has 0 saturated heterocycles. The van der Waals surface area contributed by atoms with Crippen LogP contribution in [0, 0.1) is 0 Å². The molecule has 0 heterocycles. The summed E-state index contributed by atoms with van der Waals surface area (Å²) in [5, 5.41) is 16.4. The first-order valence-electron chi connectivity index (χ1n) is 7.33. The normalized spacial score (nSPS) is 10.0. The van der Waals surface area contributed by atoms with E-state index in [1.54, 1.807) is 12.2 Å². The second-order valence-corrected chi connectivity index (χ2v) is 4.47. The van der Waals surface area contributed by atoms with Crippen LogP contribution in [0.5, 0.6) is 0 Å². The van der Waals surface area contributed by atoms with E-state index in [-0.39, 0.29) is 19.5 Å². The van der Waals surface area contributed by atoms with Gasteiger partial charge in [0.05, 0.1) is 0 Å². The third-order valence-corrected chi connectivity index (χ3v) is 2.47. The molecule has 118 valence electrons. The minimum Gasteiger partial charge on any atom is -0.478 e. The van der Waals surface area contributed by atoms with Gasteiger partial charge in [0.2, 0.25) is 0 Å². The number of allylic oxidation sites excluding steroid dienone is 2. The molecule has 21 heavy (non-hydrogen) atoms. The third-order valence-electron chi connectivity index (χ3n) is 2.47. The van der Waals surface area contributed by atoms with Gasteiger partial charge in [-0.1, -0.05) is 51.7 Å². The zero-order chi connectivity index (χ0) is 15.6. The Morgan fingerprint density at radius 3 is 1.33 bits per heavy atom. The van der Waals surface area contributed by atoms with Gasteiger partial charge in [-0.2, -0.15) is 0 Å². The van der Waals surface area contributed by atoms with E-state index in [0.717, 1.165) is 25.7 Å². The molecule has 0 fully saturated rings. The standard InChI is InChI=1S/2C8H14O2.Zn/c2*1-2-3-4-5-6-7-8(9)10;/h2*6-7H,2-5H2,1H3,(H,9,10);/b2*7-6+;. The van der Waals surface area contributed by atoms with Crippen LogP contribution in [0.15, 0.2) is 24.3 Å². The molecule has 0 unspecified atom stereocenters. The summed E-state index contributed by atoms with van der Waals surface area (Å²) in [4.78, 5) is 19.9. The van der Waals surface area contributed by atoms with Crippen molar-refractivity contribution in [2.45, 2.75) is 65.2 Å². The van der Waals surface area contributed by atoms with Crippen molar-refractivity contribution in [3.05, 3.63) is 24.3 Å². The molecule has 2 N–H and O–H groups in total. The van der Waals surface area contributed by atoms with Gasteiger partial charge in [0, 0.05) is 31.6 Å². The number of aliphatic carboxylic acids is 2. The van der Waals surface area contributed by atoms with Crippen molar-refractivity contribution in [2.24, 2.45) is 0 Å². The summed E-state index contributed by atoms with van der Waals surface area (Å²) in [5.41, 5.74) is 0. The zero-order valence-corrected chi connectivity index (χ0v) is 16.4. The van der Waals surface area contributed by atoms with E-state index >= 15 is 0 Å². The molecule has 0 aliphatic carbocycles. The topological polar surface area (TPSA) is 74.6 Å². The summed E-state index contributed by atoms with van der Waals surface area (Å²) in [6, 6.07) is 0. The second kappa shape index (κ2) is 21.3. The summed E-state index contributed by atoms with van der Waals surface area (Å²) in [7, 11) is 0. The van der Waals surface area contributed by atoms with Crippen LogP contribution >= 0.6 is 0 Å². The summed E-state index contributed by atoms with van der Waals surface area (Å²) >= 11 is 0. The monoisotopic (exact) mass is 348 g/mol. The molecule has 0 aliphatic rings. The van der Waals surface area contributed by atoms with Crippen molar-refractivity contribution >= 4 is 11.9 Å². The minimum absolute atomic E-state index is 0. The van der Waals surface area contributed by atoms with Gasteiger partial charge in [-0.15, -0.1) is 0 Å². The van der Waals surface area contributed by atoms with Crippen LogP contribution in [0.1, 0.15) is 65.2 Å². The molecule has 0 radical (unpaired) electrons. The predicted octanol–water partition coefficient (Wildman–Crippen LogP) is 4.41. The Morgan fingerprint density at radius 1 is 0.762 bits per heavy atom. The van der Waals surface area contributed by atoms with Gasteiger partial charge in [-0.3, -0.25) is 0 Å². The number of carbonyl (C=O) groups is 2. The van der Waals surface area contributed by atoms with Crippen molar-refractivity contribution in [1.82, 2.24) is 0 Å². The van der Waals surface area contributed by atoms with Gasteiger partial charge in [0.15, 0.2) is 0 Å². The predicted molar refractivity (Wildman–Crippen MR) is 81.8 cm³/mol. The van der Waals surface area contributed by atoms with E-state index in [1.807, 2.05) is 0 Å². The van der Waals surface area contributed by atoms with Crippen molar-refractivity contribution in [1.29, 1.82) is 0 Å². The number of hydrogen-bond acceptors (Lipinski definition) is 2. The van der Waals surface area contributed by atoms with Gasteiger partial charge in [0.1, 0.15) is 0 Å². The molecule has 0 rings (SSSR count). The summed E-state index contributed by atoms with van der Waals surface area (Å²) in [5.74, 6) is -1.70. The fraction of sp³-hybridized carbons (Fsp3) is 0.625. The number of carboxylic acid groups (broad SMARTS) is 2. The molecule has 5 heteroatoms. The van der Waals surface area contributed by atoms with Crippen LogP contribution in [0.25, 0.3) is 0 Å². The average Bonchev–Trinajstić information content (AvgIpc) is 2.38. The molecule has 0 spiro atoms. The van der Waals surface area contributed by atoms with Crippen molar-refractivity contribution < 1.29 is 39.3 Å². The zero-order valence-electron chi connectivity index (χ0n) is 13.4. The Labute approximate surface area is 141 Å². The van der Waals surface area contributed by atoms with E-state index in [2.05, 4.69) is 13.8 Å². The van der Waals surface area contributed by atoms with Crippen molar-refractivity contribution in [3.8, 4) is 0 Å². The van der Waals surface area contributed by atoms with E-state index in [9.17, 15) is 9.59 Å². The Hall–Kier alpha value is -0.957. The molecule has 0 atom stereocenters. The molecule has 0 aromatic heterocycles. The van der Waals surface area contributed by atoms with Crippen LogP contribution in [0.4, 0.5) is 0 Å². The molecule has 0 aromatic carbocycles. The number of carboxylic acids is 2. The van der Waals surface area contributed by atoms with Crippen LogP contribution < -0.4 is 0 Å². The van der Waals surface area contributed by atoms with Gasteiger partial charge in [-0.25, -0.2) is 9.59 Å². The Bertz CT molecular complexity index is 269. The van der Waals surface area contributed by atoms with Gasteiger partial charge in [0.25, 0.3) is 0 Å². The fourth-order valence-electron chi connectivity index (χ4n) is 1.39. The van der Waals surface area contributed by atoms with Crippen molar-refractivity contribution in [3.63, 3.8) is 0 Å². The molecule has 4 nitrogen and oxygen atoms in total. The van der Waals surface area contributed by atoms with E-state index in [0.29, 0.717) is 0 Å². The SMILES string of the molecule is CCCCC/C=C/C(=O)O.CCCCC/C=C/C(=O)O.[Zn]. The van der Waals surface area contributed by atoms with E-state index in [4.69, 9.17) is 10.2 Å². The summed E-state index contributed by atoms with van der Waals surface area (Å²) in [6.07, 6.45) is 14.5. The Morgan fingerprint density at radius 2 is 1.10 bits per heavy atom. The van der Waals surface area contributed by atoms with Crippen LogP contribution in [0.2, 0.25) is 0 Å². The first-order chi connectivity index (χ1) is 9.54. The fourth-order valence-corrected chi connectivity index (χ4v) is 1.39. The van der Waals surface area contributed by atoms with Crippen molar-refractivity contribution in [2.75, 3.05) is 0 Å². The summed E-state index contributed by atoms with van der Waals surface area (Å²) < 4.78 is 0. The molecule has 0 amide bonds. The van der Waals surface area contributed by atoms with E-state index < -0.39 is 11.9 Å². The second-order valence-electron chi connectivity index (χ2n) is 4.47. The molecule has 0 aliphatic heterocycles. The first-order valence-corrected chi connectivity index (χ1v) is 7.33.